The summed E-state index contributed by atoms with van der Waals surface area (Å²) >= 11 is 1.50. The number of ether oxygens (including phenoxy) is 2. The van der Waals surface area contributed by atoms with Crippen molar-refractivity contribution in [2.24, 2.45) is 5.41 Å². The van der Waals surface area contributed by atoms with Crippen LogP contribution < -0.4 is 14.8 Å². The predicted octanol–water partition coefficient (Wildman–Crippen LogP) is 2.80. The molecule has 142 valence electrons. The minimum absolute atomic E-state index is 0.0517. The summed E-state index contributed by atoms with van der Waals surface area (Å²) in [6.45, 7) is 5.01. The molecular formula is C20H23N3O3S. The van der Waals surface area contributed by atoms with Gasteiger partial charge in [-0.15, -0.1) is 11.3 Å². The number of carbonyl (C=O) groups is 1. The van der Waals surface area contributed by atoms with E-state index in [1.807, 2.05) is 28.5 Å². The molecule has 3 aliphatic heterocycles. The molecule has 3 aliphatic rings. The zero-order chi connectivity index (χ0) is 18.3. The van der Waals surface area contributed by atoms with Gasteiger partial charge < -0.3 is 19.7 Å². The number of carbonyl (C=O) groups excluding carboxylic acids is 1. The molecule has 2 fully saturated rings. The van der Waals surface area contributed by atoms with Crippen molar-refractivity contribution in [1.29, 1.82) is 0 Å². The molecule has 0 unspecified atom stereocenters. The maximum absolute atomic E-state index is 12.9. The van der Waals surface area contributed by atoms with Gasteiger partial charge in [-0.1, -0.05) is 0 Å². The molecule has 1 aromatic heterocycles. The molecule has 6 nitrogen and oxygen atoms in total. The average molecular weight is 385 g/mol. The number of thiazole rings is 1. The van der Waals surface area contributed by atoms with Gasteiger partial charge in [0.2, 0.25) is 0 Å². The maximum atomic E-state index is 12.9. The molecule has 5 rings (SSSR count). The molecule has 2 aromatic rings. The first-order chi connectivity index (χ1) is 13.2. The van der Waals surface area contributed by atoms with E-state index in [0.29, 0.717) is 24.3 Å². The molecule has 1 amide bonds. The van der Waals surface area contributed by atoms with Gasteiger partial charge in [0, 0.05) is 30.6 Å². The number of piperidine rings is 1. The average Bonchev–Trinajstić information content (AvgIpc) is 3.38. The SMILES string of the molecule is O=C(c1csc(-c2ccc3c(c2)OCCO3)n1)N1CCC2(CCNC2)CC1. The second kappa shape index (κ2) is 6.80. The van der Waals surface area contributed by atoms with Gasteiger partial charge in [0.05, 0.1) is 0 Å². The predicted molar refractivity (Wildman–Crippen MR) is 104 cm³/mol. The van der Waals surface area contributed by atoms with E-state index >= 15 is 0 Å². The quantitative estimate of drug-likeness (QED) is 0.861. The largest absolute Gasteiger partial charge is 0.486 e. The van der Waals surface area contributed by atoms with Crippen molar-refractivity contribution in [3.8, 4) is 22.1 Å². The van der Waals surface area contributed by atoms with Crippen LogP contribution >= 0.6 is 11.3 Å². The molecule has 4 heterocycles. The lowest BCUT2D eigenvalue weighted by molar-refractivity contribution is 0.0603. The number of hydrogen-bond donors (Lipinski definition) is 1. The monoisotopic (exact) mass is 385 g/mol. The maximum Gasteiger partial charge on any atom is 0.273 e. The molecule has 0 atom stereocenters. The second-order valence-electron chi connectivity index (χ2n) is 7.62. The van der Waals surface area contributed by atoms with Gasteiger partial charge >= 0.3 is 0 Å². The summed E-state index contributed by atoms with van der Waals surface area (Å²) in [6.07, 6.45) is 3.41. The lowest BCUT2D eigenvalue weighted by atomic mass is 9.78. The topological polar surface area (TPSA) is 63.7 Å². The molecule has 2 saturated heterocycles. The van der Waals surface area contributed by atoms with Crippen LogP contribution in [-0.4, -0.2) is 55.2 Å². The fraction of sp³-hybridized carbons (Fsp3) is 0.500. The van der Waals surface area contributed by atoms with Crippen molar-refractivity contribution in [2.75, 3.05) is 39.4 Å². The first-order valence-corrected chi connectivity index (χ1v) is 10.5. The summed E-state index contributed by atoms with van der Waals surface area (Å²) in [7, 11) is 0. The third-order valence-electron chi connectivity index (χ3n) is 5.96. The molecule has 1 aromatic carbocycles. The number of aromatic nitrogens is 1. The van der Waals surface area contributed by atoms with Crippen LogP contribution in [0.25, 0.3) is 10.6 Å². The van der Waals surface area contributed by atoms with Crippen molar-refractivity contribution in [2.45, 2.75) is 19.3 Å². The van der Waals surface area contributed by atoms with Crippen LogP contribution in [0.4, 0.5) is 0 Å². The molecule has 0 bridgehead atoms. The summed E-state index contributed by atoms with van der Waals surface area (Å²) in [5, 5.41) is 6.18. The van der Waals surface area contributed by atoms with E-state index in [1.165, 1.54) is 17.8 Å². The Morgan fingerprint density at radius 1 is 1.15 bits per heavy atom. The molecule has 0 aliphatic carbocycles. The van der Waals surface area contributed by atoms with Crippen LogP contribution in [0.1, 0.15) is 29.8 Å². The van der Waals surface area contributed by atoms with Gasteiger partial charge in [0.25, 0.3) is 5.91 Å². The van der Waals surface area contributed by atoms with E-state index in [4.69, 9.17) is 9.47 Å². The fourth-order valence-electron chi connectivity index (χ4n) is 4.25. The number of rotatable bonds is 2. The highest BCUT2D eigenvalue weighted by molar-refractivity contribution is 7.13. The summed E-state index contributed by atoms with van der Waals surface area (Å²) in [5.74, 6) is 1.56. The van der Waals surface area contributed by atoms with E-state index < -0.39 is 0 Å². The third kappa shape index (κ3) is 3.19. The summed E-state index contributed by atoms with van der Waals surface area (Å²) in [6, 6.07) is 5.82. The normalized spacial score (nSPS) is 20.8. The fourth-order valence-corrected chi connectivity index (χ4v) is 5.04. The highest BCUT2D eigenvalue weighted by Crippen LogP contribution is 2.38. The van der Waals surface area contributed by atoms with Gasteiger partial charge in [-0.25, -0.2) is 4.98 Å². The molecule has 27 heavy (non-hydrogen) atoms. The van der Waals surface area contributed by atoms with Crippen molar-refractivity contribution >= 4 is 17.2 Å². The van der Waals surface area contributed by atoms with Crippen molar-refractivity contribution in [3.05, 3.63) is 29.3 Å². The zero-order valence-electron chi connectivity index (χ0n) is 15.2. The van der Waals surface area contributed by atoms with Crippen LogP contribution in [0.2, 0.25) is 0 Å². The molecule has 0 radical (unpaired) electrons. The van der Waals surface area contributed by atoms with E-state index in [-0.39, 0.29) is 5.91 Å². The number of benzene rings is 1. The Bertz CT molecular complexity index is 850. The molecule has 1 N–H and O–H groups in total. The first-order valence-electron chi connectivity index (χ1n) is 9.58. The van der Waals surface area contributed by atoms with Crippen LogP contribution in [-0.2, 0) is 0 Å². The Morgan fingerprint density at radius 3 is 2.74 bits per heavy atom. The van der Waals surface area contributed by atoms with Crippen molar-refractivity contribution in [1.82, 2.24) is 15.2 Å². The summed E-state index contributed by atoms with van der Waals surface area (Å²) in [4.78, 5) is 19.5. The van der Waals surface area contributed by atoms with Crippen molar-refractivity contribution < 1.29 is 14.3 Å². The van der Waals surface area contributed by atoms with E-state index in [2.05, 4.69) is 10.3 Å². The lowest BCUT2D eigenvalue weighted by Crippen LogP contribution is -2.44. The Hall–Kier alpha value is -2.12. The van der Waals surface area contributed by atoms with Crippen LogP contribution in [0, 0.1) is 5.41 Å². The number of fused-ring (bicyclic) bond motifs is 1. The van der Waals surface area contributed by atoms with Gasteiger partial charge in [-0.2, -0.15) is 0 Å². The minimum atomic E-state index is 0.0517. The van der Waals surface area contributed by atoms with Gasteiger partial charge in [-0.3, -0.25) is 4.79 Å². The van der Waals surface area contributed by atoms with Crippen LogP contribution in [0.15, 0.2) is 23.6 Å². The molecule has 1 spiro atoms. The zero-order valence-corrected chi connectivity index (χ0v) is 16.0. The van der Waals surface area contributed by atoms with E-state index in [1.54, 1.807) is 0 Å². The van der Waals surface area contributed by atoms with Crippen molar-refractivity contribution in [3.63, 3.8) is 0 Å². The van der Waals surface area contributed by atoms with E-state index in [9.17, 15) is 4.79 Å². The molecule has 7 heteroatoms. The van der Waals surface area contributed by atoms with E-state index in [0.717, 1.165) is 61.1 Å². The third-order valence-corrected chi connectivity index (χ3v) is 6.85. The number of hydrogen-bond acceptors (Lipinski definition) is 6. The Kier molecular flexibility index (Phi) is 4.28. The highest BCUT2D eigenvalue weighted by Gasteiger charge is 2.38. The standard InChI is InChI=1S/C20H23N3O3S/c24-19(23-7-4-20(5-8-23)3-6-21-13-20)15-12-27-18(22-15)14-1-2-16-17(11-14)26-10-9-25-16/h1-2,11-12,21H,3-10,13H2. The van der Waals surface area contributed by atoms with Crippen LogP contribution in [0.3, 0.4) is 0 Å². The van der Waals surface area contributed by atoms with Gasteiger partial charge in [-0.05, 0) is 49.4 Å². The number of amides is 1. The summed E-state index contributed by atoms with van der Waals surface area (Å²) in [5.41, 5.74) is 1.91. The summed E-state index contributed by atoms with van der Waals surface area (Å²) < 4.78 is 11.2. The Labute approximate surface area is 162 Å². The minimum Gasteiger partial charge on any atom is -0.486 e. The van der Waals surface area contributed by atoms with Crippen LogP contribution in [0.5, 0.6) is 11.5 Å². The lowest BCUT2D eigenvalue weighted by Gasteiger charge is -2.38. The number of nitrogens with zero attached hydrogens (tertiary/aromatic N) is 2. The number of likely N-dealkylation sites (tertiary alicyclic amines) is 1. The van der Waals surface area contributed by atoms with Gasteiger partial charge in [0.15, 0.2) is 11.5 Å². The van der Waals surface area contributed by atoms with Gasteiger partial charge in [0.1, 0.15) is 23.9 Å². The first kappa shape index (κ1) is 17.0. The highest BCUT2D eigenvalue weighted by atomic mass is 32.1. The smallest absolute Gasteiger partial charge is 0.273 e. The Balaban J connectivity index is 1.30. The molecule has 0 saturated carbocycles. The molecular weight excluding hydrogens is 362 g/mol. The second-order valence-corrected chi connectivity index (χ2v) is 8.47. The number of nitrogens with one attached hydrogen (secondary N) is 1. The Morgan fingerprint density at radius 2 is 1.96 bits per heavy atom.